The lowest BCUT2D eigenvalue weighted by molar-refractivity contribution is -0.137. The predicted octanol–water partition coefficient (Wildman–Crippen LogP) is 2.72. The summed E-state index contributed by atoms with van der Waals surface area (Å²) in [6, 6.07) is 2.32. The molecule has 7 heteroatoms. The van der Waals surface area contributed by atoms with Crippen molar-refractivity contribution in [1.29, 1.82) is 0 Å². The first-order valence-corrected chi connectivity index (χ1v) is 5.71. The molecule has 0 spiro atoms. The minimum absolute atomic E-state index is 0.414. The molecule has 102 valence electrons. The minimum atomic E-state index is -4.35. The molecule has 0 aliphatic carbocycles. The first-order valence-electron chi connectivity index (χ1n) is 5.71. The van der Waals surface area contributed by atoms with E-state index < -0.39 is 11.7 Å². The van der Waals surface area contributed by atoms with E-state index in [9.17, 15) is 13.2 Å². The second kappa shape index (κ2) is 5.29. The predicted molar refractivity (Wildman–Crippen MR) is 64.7 cm³/mol. The highest BCUT2D eigenvalue weighted by Crippen LogP contribution is 2.28. The third-order valence-electron chi connectivity index (χ3n) is 2.50. The van der Waals surface area contributed by atoms with Crippen molar-refractivity contribution in [3.63, 3.8) is 0 Å². The van der Waals surface area contributed by atoms with Crippen molar-refractivity contribution in [2.24, 2.45) is 0 Å². The Labute approximate surface area is 108 Å². The van der Waals surface area contributed by atoms with Crippen molar-refractivity contribution in [2.75, 3.05) is 11.9 Å². The van der Waals surface area contributed by atoms with Crippen LogP contribution >= 0.6 is 0 Å². The van der Waals surface area contributed by atoms with Crippen LogP contribution in [-0.2, 0) is 12.7 Å². The molecule has 0 aliphatic heterocycles. The van der Waals surface area contributed by atoms with E-state index in [0.717, 1.165) is 17.8 Å². The molecule has 0 aromatic carbocycles. The van der Waals surface area contributed by atoms with E-state index >= 15 is 0 Å². The molecule has 1 N–H and O–H groups in total. The molecule has 19 heavy (non-hydrogen) atoms. The summed E-state index contributed by atoms with van der Waals surface area (Å²) in [4.78, 5) is 3.72. The molecule has 0 saturated carbocycles. The van der Waals surface area contributed by atoms with E-state index in [1.54, 1.807) is 10.9 Å². The van der Waals surface area contributed by atoms with Crippen LogP contribution in [0.25, 0.3) is 0 Å². The monoisotopic (exact) mass is 270 g/mol. The molecule has 0 fully saturated rings. The van der Waals surface area contributed by atoms with Gasteiger partial charge in [0.25, 0.3) is 0 Å². The number of hydrogen-bond acceptors (Lipinski definition) is 3. The first-order chi connectivity index (χ1) is 8.95. The Morgan fingerprint density at radius 2 is 2.05 bits per heavy atom. The Balaban J connectivity index is 1.86. The van der Waals surface area contributed by atoms with E-state index in [-0.39, 0.29) is 0 Å². The quantitative estimate of drug-likeness (QED) is 0.928. The Morgan fingerprint density at radius 3 is 2.58 bits per heavy atom. The average molecular weight is 270 g/mol. The van der Waals surface area contributed by atoms with Crippen molar-refractivity contribution >= 4 is 5.82 Å². The van der Waals surface area contributed by atoms with Crippen LogP contribution in [0.1, 0.15) is 11.1 Å². The van der Waals surface area contributed by atoms with Gasteiger partial charge in [-0.3, -0.25) is 4.68 Å². The van der Waals surface area contributed by atoms with E-state index in [2.05, 4.69) is 15.4 Å². The summed E-state index contributed by atoms with van der Waals surface area (Å²) in [5, 5.41) is 7.04. The third kappa shape index (κ3) is 3.70. The van der Waals surface area contributed by atoms with Gasteiger partial charge in [0.2, 0.25) is 0 Å². The second-order valence-electron chi connectivity index (χ2n) is 4.14. The maximum Gasteiger partial charge on any atom is 0.417 e. The van der Waals surface area contributed by atoms with Gasteiger partial charge in [-0.25, -0.2) is 4.98 Å². The molecular weight excluding hydrogens is 257 g/mol. The van der Waals surface area contributed by atoms with Gasteiger partial charge in [-0.05, 0) is 24.6 Å². The van der Waals surface area contributed by atoms with Gasteiger partial charge in [0.05, 0.1) is 18.3 Å². The Morgan fingerprint density at radius 1 is 1.26 bits per heavy atom. The molecule has 2 aromatic heterocycles. The zero-order valence-electron chi connectivity index (χ0n) is 10.3. The molecular formula is C12H13F3N4. The summed E-state index contributed by atoms with van der Waals surface area (Å²) in [6.07, 6.45) is 0.108. The van der Waals surface area contributed by atoms with E-state index in [1.165, 1.54) is 6.07 Å². The maximum atomic E-state index is 12.3. The number of aromatic nitrogens is 3. The molecule has 0 unspecified atom stereocenters. The molecule has 0 saturated heterocycles. The Kier molecular flexibility index (Phi) is 3.73. The largest absolute Gasteiger partial charge is 0.417 e. The van der Waals surface area contributed by atoms with E-state index in [0.29, 0.717) is 18.9 Å². The number of alkyl halides is 3. The zero-order valence-corrected chi connectivity index (χ0v) is 10.3. The fourth-order valence-corrected chi connectivity index (χ4v) is 1.55. The van der Waals surface area contributed by atoms with Crippen LogP contribution in [-0.4, -0.2) is 21.3 Å². The van der Waals surface area contributed by atoms with Crippen LogP contribution in [0.4, 0.5) is 19.0 Å². The Hall–Kier alpha value is -2.05. The van der Waals surface area contributed by atoms with E-state index in [1.807, 2.05) is 13.1 Å². The second-order valence-corrected chi connectivity index (χ2v) is 4.14. The van der Waals surface area contributed by atoms with Crippen molar-refractivity contribution in [3.05, 3.63) is 41.9 Å². The van der Waals surface area contributed by atoms with Crippen LogP contribution in [0.3, 0.4) is 0 Å². The number of anilines is 1. The number of pyridine rings is 1. The topological polar surface area (TPSA) is 42.7 Å². The van der Waals surface area contributed by atoms with Gasteiger partial charge >= 0.3 is 6.18 Å². The average Bonchev–Trinajstić information content (AvgIpc) is 2.75. The van der Waals surface area contributed by atoms with Gasteiger partial charge in [-0.1, -0.05) is 0 Å². The third-order valence-corrected chi connectivity index (χ3v) is 2.50. The summed E-state index contributed by atoms with van der Waals surface area (Å²) in [5.74, 6) is 0.414. The summed E-state index contributed by atoms with van der Waals surface area (Å²) < 4.78 is 38.7. The van der Waals surface area contributed by atoms with Crippen molar-refractivity contribution in [2.45, 2.75) is 19.6 Å². The Bertz CT molecular complexity index is 531. The van der Waals surface area contributed by atoms with Crippen LogP contribution in [0.2, 0.25) is 0 Å². The number of rotatable bonds is 4. The summed E-state index contributed by atoms with van der Waals surface area (Å²) in [6.45, 7) is 3.10. The van der Waals surface area contributed by atoms with Crippen LogP contribution in [0.15, 0.2) is 30.7 Å². The zero-order chi connectivity index (χ0) is 13.9. The first kappa shape index (κ1) is 13.4. The highest BCUT2D eigenvalue weighted by molar-refractivity contribution is 5.35. The lowest BCUT2D eigenvalue weighted by Crippen LogP contribution is -2.12. The van der Waals surface area contributed by atoms with Crippen LogP contribution in [0.5, 0.6) is 0 Å². The molecule has 0 bridgehead atoms. The molecule has 0 amide bonds. The fraction of sp³-hybridized carbons (Fsp3) is 0.333. The van der Waals surface area contributed by atoms with Crippen LogP contribution < -0.4 is 5.32 Å². The fourth-order valence-electron chi connectivity index (χ4n) is 1.55. The minimum Gasteiger partial charge on any atom is -0.368 e. The van der Waals surface area contributed by atoms with Gasteiger partial charge < -0.3 is 5.32 Å². The summed E-state index contributed by atoms with van der Waals surface area (Å²) >= 11 is 0. The standard InChI is InChI=1S/C12H13F3N4/c1-9-6-18-19(8-9)5-4-16-11-3-2-10(7-17-11)12(13,14)15/h2-3,6-8H,4-5H2,1H3,(H,16,17). The smallest absolute Gasteiger partial charge is 0.368 e. The molecule has 4 nitrogen and oxygen atoms in total. The molecule has 0 atom stereocenters. The summed E-state index contributed by atoms with van der Waals surface area (Å²) in [7, 11) is 0. The number of aryl methyl sites for hydroxylation is 1. The summed E-state index contributed by atoms with van der Waals surface area (Å²) in [5.41, 5.74) is 0.313. The van der Waals surface area contributed by atoms with Crippen molar-refractivity contribution in [3.8, 4) is 0 Å². The molecule has 0 radical (unpaired) electrons. The molecule has 2 heterocycles. The lowest BCUT2D eigenvalue weighted by Gasteiger charge is -2.08. The normalized spacial score (nSPS) is 11.6. The number of nitrogens with one attached hydrogen (secondary N) is 1. The number of hydrogen-bond donors (Lipinski definition) is 1. The lowest BCUT2D eigenvalue weighted by atomic mass is 10.3. The number of nitrogens with zero attached hydrogens (tertiary/aromatic N) is 3. The molecule has 2 aromatic rings. The van der Waals surface area contributed by atoms with Gasteiger partial charge in [0.15, 0.2) is 0 Å². The molecule has 2 rings (SSSR count). The van der Waals surface area contributed by atoms with Gasteiger partial charge in [0.1, 0.15) is 5.82 Å². The SMILES string of the molecule is Cc1cnn(CCNc2ccc(C(F)(F)F)cn2)c1. The number of halogens is 3. The molecule has 0 aliphatic rings. The van der Waals surface area contributed by atoms with Gasteiger partial charge in [-0.2, -0.15) is 18.3 Å². The van der Waals surface area contributed by atoms with E-state index in [4.69, 9.17) is 0 Å². The van der Waals surface area contributed by atoms with Crippen molar-refractivity contribution < 1.29 is 13.2 Å². The highest BCUT2D eigenvalue weighted by atomic mass is 19.4. The van der Waals surface area contributed by atoms with Gasteiger partial charge in [0, 0.05) is 18.9 Å². The van der Waals surface area contributed by atoms with Crippen LogP contribution in [0, 0.1) is 6.92 Å². The van der Waals surface area contributed by atoms with Crippen molar-refractivity contribution in [1.82, 2.24) is 14.8 Å². The highest BCUT2D eigenvalue weighted by Gasteiger charge is 2.30. The van der Waals surface area contributed by atoms with Gasteiger partial charge in [-0.15, -0.1) is 0 Å². The maximum absolute atomic E-state index is 12.3.